The lowest BCUT2D eigenvalue weighted by Crippen LogP contribution is -2.59. The quantitative estimate of drug-likeness (QED) is 0.141. The standard InChI is InChI=1S/C41H59N5O10S/c1-9-10-13-27-22-41(27,38(49)45-57(51,52)29-16-17-29)44-35(47)32-21-28(55-36-31-15-12-11-14-30(31)33(23-42-36)54-19-18-53-8)24-46(32)37(48)34(26(4)20-25(2)3)43-39(50)56-40(5,6)7/h10-15,23,25-29,32,34H,9,16-22,24H2,1-8H3,(H,43,50)(H,44,47)(H,45,49)/b13-10-/t26-,27-,28-,32+,34+,41-/m1/s1. The molecule has 0 radical (unpaired) electrons. The number of nitrogens with zero attached hydrogens (tertiary/aromatic N) is 2. The third-order valence-corrected chi connectivity index (χ3v) is 12.1. The van der Waals surface area contributed by atoms with Gasteiger partial charge in [0, 0.05) is 30.2 Å². The van der Waals surface area contributed by atoms with Crippen molar-refractivity contribution in [2.24, 2.45) is 17.8 Å². The van der Waals surface area contributed by atoms with Crippen LogP contribution in [0.1, 0.15) is 87.0 Å². The molecule has 2 aliphatic carbocycles. The third-order valence-electron chi connectivity index (χ3n) is 10.3. The molecule has 1 aromatic carbocycles. The van der Waals surface area contributed by atoms with Crippen molar-refractivity contribution in [1.82, 2.24) is 25.2 Å². The number of carbonyl (C=O) groups is 4. The molecule has 2 saturated carbocycles. The highest BCUT2D eigenvalue weighted by Crippen LogP contribution is 2.46. The van der Waals surface area contributed by atoms with Crippen LogP contribution in [0.4, 0.5) is 4.79 Å². The number of sulfonamides is 1. The fraction of sp³-hybridized carbons (Fsp3) is 0.634. The zero-order chi connectivity index (χ0) is 41.7. The number of fused-ring (bicyclic) bond motifs is 1. The van der Waals surface area contributed by atoms with Gasteiger partial charge < -0.3 is 34.5 Å². The van der Waals surface area contributed by atoms with E-state index in [0.717, 1.165) is 5.39 Å². The van der Waals surface area contributed by atoms with E-state index in [2.05, 4.69) is 20.3 Å². The summed E-state index contributed by atoms with van der Waals surface area (Å²) in [5.74, 6) is -1.81. The fourth-order valence-corrected chi connectivity index (χ4v) is 8.69. The Morgan fingerprint density at radius 2 is 1.77 bits per heavy atom. The van der Waals surface area contributed by atoms with Crippen molar-refractivity contribution in [1.29, 1.82) is 0 Å². The Bertz CT molecular complexity index is 1930. The minimum absolute atomic E-state index is 0.0188. The monoisotopic (exact) mass is 813 g/mol. The molecule has 2 aromatic rings. The van der Waals surface area contributed by atoms with Crippen LogP contribution < -0.4 is 24.8 Å². The number of hydrogen-bond acceptors (Lipinski definition) is 11. The Balaban J connectivity index is 1.48. The first-order chi connectivity index (χ1) is 26.9. The largest absolute Gasteiger partial charge is 0.489 e. The summed E-state index contributed by atoms with van der Waals surface area (Å²) in [4.78, 5) is 62.2. The highest BCUT2D eigenvalue weighted by atomic mass is 32.2. The van der Waals surface area contributed by atoms with Crippen LogP contribution in [0.15, 0.2) is 42.6 Å². The Kier molecular flexibility index (Phi) is 13.8. The van der Waals surface area contributed by atoms with Crippen LogP contribution in [-0.4, -0.2) is 104 Å². The number of methoxy groups -OCH3 is 1. The van der Waals surface area contributed by atoms with Gasteiger partial charge in [-0.2, -0.15) is 0 Å². The molecule has 3 aliphatic rings. The average Bonchev–Trinajstić information content (AvgIpc) is 4.06. The van der Waals surface area contributed by atoms with Crippen molar-refractivity contribution in [3.8, 4) is 11.6 Å². The molecule has 1 aliphatic heterocycles. The molecular weight excluding hydrogens is 755 g/mol. The van der Waals surface area contributed by atoms with Gasteiger partial charge in [0.2, 0.25) is 27.7 Å². The SMILES string of the molecule is CC/C=C\[C@@H]1C[C@]1(NC(=O)[C@@H]1C[C@@H](Oc2ncc(OCCOC)c3ccccc23)CN1C(=O)[C@@H](NC(=O)OC(C)(C)C)[C@H](C)CC(C)C)C(=O)NS(=O)(=O)C1CC1. The molecule has 15 nitrogen and oxygen atoms in total. The second-order valence-corrected chi connectivity index (χ2v) is 18.8. The predicted molar refractivity (Wildman–Crippen MR) is 214 cm³/mol. The number of amides is 4. The molecule has 314 valence electrons. The van der Waals surface area contributed by atoms with E-state index >= 15 is 0 Å². The average molecular weight is 814 g/mol. The maximum Gasteiger partial charge on any atom is 0.408 e. The summed E-state index contributed by atoms with van der Waals surface area (Å²) in [6.45, 7) is 13.6. The number of alkyl carbamates (subject to hydrolysis) is 1. The summed E-state index contributed by atoms with van der Waals surface area (Å²) in [7, 11) is -2.33. The Hall–Kier alpha value is -4.44. The highest BCUT2D eigenvalue weighted by molar-refractivity contribution is 7.91. The Morgan fingerprint density at radius 1 is 1.07 bits per heavy atom. The van der Waals surface area contributed by atoms with Crippen molar-refractivity contribution in [3.05, 3.63) is 42.6 Å². The number of allylic oxidation sites excluding steroid dienone is 1. The minimum atomic E-state index is -3.91. The van der Waals surface area contributed by atoms with Gasteiger partial charge in [0.1, 0.15) is 41.7 Å². The Labute approximate surface area is 336 Å². The maximum atomic E-state index is 14.8. The molecule has 3 N–H and O–H groups in total. The number of hydrogen-bond donors (Lipinski definition) is 3. The second-order valence-electron chi connectivity index (χ2n) is 16.8. The summed E-state index contributed by atoms with van der Waals surface area (Å²) in [6, 6.07) is 5.20. The molecule has 4 amide bonds. The van der Waals surface area contributed by atoms with E-state index in [1.54, 1.807) is 40.2 Å². The lowest BCUT2D eigenvalue weighted by atomic mass is 9.91. The summed E-state index contributed by atoms with van der Waals surface area (Å²) in [5.41, 5.74) is -2.36. The van der Waals surface area contributed by atoms with Crippen molar-refractivity contribution < 1.29 is 46.5 Å². The van der Waals surface area contributed by atoms with Gasteiger partial charge in [0.05, 0.1) is 24.6 Å². The number of carbonyl (C=O) groups excluding carboxylic acids is 4. The molecule has 16 heteroatoms. The van der Waals surface area contributed by atoms with Crippen LogP contribution in [0.3, 0.4) is 0 Å². The number of ether oxygens (including phenoxy) is 4. The first-order valence-corrected chi connectivity index (χ1v) is 21.4. The molecule has 3 fully saturated rings. The maximum absolute atomic E-state index is 14.8. The smallest absolute Gasteiger partial charge is 0.408 e. The van der Waals surface area contributed by atoms with Crippen LogP contribution in [-0.2, 0) is 33.9 Å². The van der Waals surface area contributed by atoms with Gasteiger partial charge >= 0.3 is 6.09 Å². The zero-order valence-corrected chi connectivity index (χ0v) is 35.1. The van der Waals surface area contributed by atoms with Gasteiger partial charge in [-0.25, -0.2) is 18.2 Å². The molecule has 2 heterocycles. The Morgan fingerprint density at radius 3 is 2.40 bits per heavy atom. The number of nitrogens with one attached hydrogen (secondary N) is 3. The fourth-order valence-electron chi connectivity index (χ4n) is 7.33. The molecule has 1 saturated heterocycles. The van der Waals surface area contributed by atoms with Crippen molar-refractivity contribution in [2.45, 2.75) is 122 Å². The third kappa shape index (κ3) is 10.9. The van der Waals surface area contributed by atoms with Crippen LogP contribution in [0.25, 0.3) is 10.8 Å². The molecule has 1 aromatic heterocycles. The van der Waals surface area contributed by atoms with Crippen LogP contribution >= 0.6 is 0 Å². The van der Waals surface area contributed by atoms with E-state index in [9.17, 15) is 27.6 Å². The van der Waals surface area contributed by atoms with E-state index in [1.807, 2.05) is 58.0 Å². The van der Waals surface area contributed by atoms with Crippen LogP contribution in [0.5, 0.6) is 11.6 Å². The molecule has 0 bridgehead atoms. The first-order valence-electron chi connectivity index (χ1n) is 19.9. The van der Waals surface area contributed by atoms with E-state index in [-0.39, 0.29) is 37.1 Å². The normalized spacial score (nSPS) is 23.2. The number of pyridine rings is 1. The van der Waals surface area contributed by atoms with Gasteiger partial charge in [0.15, 0.2) is 0 Å². The van der Waals surface area contributed by atoms with E-state index in [1.165, 1.54) is 4.90 Å². The topological polar surface area (TPSA) is 192 Å². The highest BCUT2D eigenvalue weighted by Gasteiger charge is 2.62. The van der Waals surface area contributed by atoms with E-state index < -0.39 is 74.3 Å². The van der Waals surface area contributed by atoms with Gasteiger partial charge in [0.25, 0.3) is 5.91 Å². The van der Waals surface area contributed by atoms with Crippen LogP contribution in [0, 0.1) is 17.8 Å². The number of aromatic nitrogens is 1. The first kappa shape index (κ1) is 43.7. The predicted octanol–water partition coefficient (Wildman–Crippen LogP) is 4.63. The lowest BCUT2D eigenvalue weighted by molar-refractivity contribution is -0.142. The molecule has 57 heavy (non-hydrogen) atoms. The zero-order valence-electron chi connectivity index (χ0n) is 34.3. The van der Waals surface area contributed by atoms with Crippen molar-refractivity contribution >= 4 is 44.6 Å². The van der Waals surface area contributed by atoms with Crippen molar-refractivity contribution in [2.75, 3.05) is 26.9 Å². The van der Waals surface area contributed by atoms with E-state index in [0.29, 0.717) is 50.0 Å². The van der Waals surface area contributed by atoms with Gasteiger partial charge in [-0.1, -0.05) is 58.0 Å². The van der Waals surface area contributed by atoms with Crippen molar-refractivity contribution in [3.63, 3.8) is 0 Å². The number of rotatable bonds is 18. The van der Waals surface area contributed by atoms with Crippen LogP contribution in [0.2, 0.25) is 0 Å². The minimum Gasteiger partial charge on any atom is -0.489 e. The summed E-state index contributed by atoms with van der Waals surface area (Å²) in [6.07, 6.45) is 6.10. The van der Waals surface area contributed by atoms with Gasteiger partial charge in [-0.15, -0.1) is 0 Å². The summed E-state index contributed by atoms with van der Waals surface area (Å²) < 4.78 is 51.0. The summed E-state index contributed by atoms with van der Waals surface area (Å²) >= 11 is 0. The van der Waals surface area contributed by atoms with E-state index in [4.69, 9.17) is 18.9 Å². The molecule has 6 atom stereocenters. The van der Waals surface area contributed by atoms with Gasteiger partial charge in [-0.05, 0) is 70.8 Å². The number of benzene rings is 1. The molecule has 0 unspecified atom stereocenters. The molecule has 5 rings (SSSR count). The lowest BCUT2D eigenvalue weighted by Gasteiger charge is -2.33. The number of likely N-dealkylation sites (tertiary alicyclic amines) is 1. The molecule has 0 spiro atoms. The van der Waals surface area contributed by atoms with Gasteiger partial charge in [-0.3, -0.25) is 19.1 Å². The second kappa shape index (κ2) is 18.0. The summed E-state index contributed by atoms with van der Waals surface area (Å²) in [5, 5.41) is 6.43. The molecular formula is C41H59N5O10S.